The Morgan fingerprint density at radius 3 is 2.96 bits per heavy atom. The lowest BCUT2D eigenvalue weighted by molar-refractivity contribution is -0.148. The summed E-state index contributed by atoms with van der Waals surface area (Å²) in [5, 5.41) is 4.99. The number of carbonyl (C=O) groups is 1. The van der Waals surface area contributed by atoms with E-state index >= 15 is 0 Å². The zero-order chi connectivity index (χ0) is 20.1. The van der Waals surface area contributed by atoms with Crippen molar-refractivity contribution < 1.29 is 14.3 Å². The van der Waals surface area contributed by atoms with Crippen LogP contribution in [0.1, 0.15) is 32.0 Å². The number of primary amides is 1. The number of hydrogen-bond donors (Lipinski definition) is 1. The van der Waals surface area contributed by atoms with Gasteiger partial charge in [0, 0.05) is 36.9 Å². The van der Waals surface area contributed by atoms with Crippen LogP contribution in [0, 0.1) is 0 Å². The second-order valence-corrected chi connectivity index (χ2v) is 7.93. The van der Waals surface area contributed by atoms with Gasteiger partial charge in [-0.05, 0) is 38.1 Å². The molecule has 1 aromatic carbocycles. The first-order valence-corrected chi connectivity index (χ1v) is 9.80. The third-order valence-electron chi connectivity index (χ3n) is 4.75. The summed E-state index contributed by atoms with van der Waals surface area (Å²) >= 11 is 6.03. The van der Waals surface area contributed by atoms with Gasteiger partial charge in [-0.15, -0.1) is 0 Å². The normalized spacial score (nSPS) is 20.4. The number of halogens is 1. The average molecular weight is 407 g/mol. The van der Waals surface area contributed by atoms with Crippen molar-refractivity contribution in [1.29, 1.82) is 0 Å². The van der Waals surface area contributed by atoms with Gasteiger partial charge in [-0.3, -0.25) is 14.4 Å². The van der Waals surface area contributed by atoms with E-state index in [2.05, 4.69) is 23.8 Å². The highest BCUT2D eigenvalue weighted by atomic mass is 35.5. The third-order valence-corrected chi connectivity index (χ3v) is 4.98. The van der Waals surface area contributed by atoms with E-state index in [-0.39, 0.29) is 19.1 Å². The van der Waals surface area contributed by atoms with Crippen LogP contribution in [0.2, 0.25) is 5.02 Å². The fourth-order valence-corrected chi connectivity index (χ4v) is 3.73. The van der Waals surface area contributed by atoms with E-state index in [9.17, 15) is 4.79 Å². The molecule has 1 saturated heterocycles. The van der Waals surface area contributed by atoms with Crippen molar-refractivity contribution >= 4 is 17.5 Å². The van der Waals surface area contributed by atoms with E-state index in [0.717, 1.165) is 18.8 Å². The van der Waals surface area contributed by atoms with Crippen LogP contribution in [0.25, 0.3) is 0 Å². The van der Waals surface area contributed by atoms with Gasteiger partial charge in [-0.25, -0.2) is 0 Å². The molecule has 2 N–H and O–H groups in total. The van der Waals surface area contributed by atoms with E-state index in [0.29, 0.717) is 23.9 Å². The zero-order valence-corrected chi connectivity index (χ0v) is 17.1. The number of benzene rings is 1. The first kappa shape index (κ1) is 20.6. The van der Waals surface area contributed by atoms with Crippen molar-refractivity contribution in [3.8, 4) is 5.75 Å². The summed E-state index contributed by atoms with van der Waals surface area (Å²) in [7, 11) is 0. The molecule has 1 fully saturated rings. The van der Waals surface area contributed by atoms with Crippen LogP contribution in [0.15, 0.2) is 36.5 Å². The second-order valence-electron chi connectivity index (χ2n) is 7.49. The van der Waals surface area contributed by atoms with Gasteiger partial charge < -0.3 is 15.2 Å². The molecule has 0 radical (unpaired) electrons. The van der Waals surface area contributed by atoms with E-state index in [1.165, 1.54) is 0 Å². The Kier molecular flexibility index (Phi) is 6.59. The highest BCUT2D eigenvalue weighted by Gasteiger charge is 2.39. The van der Waals surface area contributed by atoms with E-state index in [4.69, 9.17) is 26.8 Å². The Morgan fingerprint density at radius 1 is 1.43 bits per heavy atom. The Balaban J connectivity index is 1.72. The predicted molar refractivity (Wildman–Crippen MR) is 107 cm³/mol. The fourth-order valence-electron chi connectivity index (χ4n) is 3.55. The lowest BCUT2D eigenvalue weighted by Gasteiger charge is -2.42. The Hall–Kier alpha value is -2.09. The van der Waals surface area contributed by atoms with Crippen LogP contribution in [0.4, 0.5) is 0 Å². The number of ether oxygens (including phenoxy) is 2. The van der Waals surface area contributed by atoms with Crippen LogP contribution in [0.5, 0.6) is 5.75 Å². The standard InChI is InChI=1S/C20H27ClN4O3/c1-15(2)25-17(6-7-23-25)12-24-8-9-28-20(13-24,11-19(22)26)14-27-18-5-3-4-16(21)10-18/h3-7,10,15H,8-9,11-14H2,1-2H3,(H2,22,26)/t20-/m1/s1. The summed E-state index contributed by atoms with van der Waals surface area (Å²) in [6.07, 6.45) is 1.90. The topological polar surface area (TPSA) is 82.6 Å². The van der Waals surface area contributed by atoms with E-state index in [1.54, 1.807) is 12.1 Å². The number of hydrogen-bond acceptors (Lipinski definition) is 5. The van der Waals surface area contributed by atoms with Gasteiger partial charge in [-0.1, -0.05) is 17.7 Å². The molecule has 2 aromatic rings. The minimum absolute atomic E-state index is 0.0908. The molecule has 7 nitrogen and oxygen atoms in total. The van der Waals surface area contributed by atoms with E-state index in [1.807, 2.05) is 29.1 Å². The van der Waals surface area contributed by atoms with Crippen molar-refractivity contribution in [1.82, 2.24) is 14.7 Å². The van der Waals surface area contributed by atoms with Gasteiger partial charge in [0.1, 0.15) is 18.0 Å². The molecule has 0 aliphatic carbocycles. The van der Waals surface area contributed by atoms with Crippen LogP contribution in [0.3, 0.4) is 0 Å². The van der Waals surface area contributed by atoms with Gasteiger partial charge >= 0.3 is 0 Å². The molecule has 8 heteroatoms. The van der Waals surface area contributed by atoms with Crippen molar-refractivity contribution in [2.45, 2.75) is 38.5 Å². The highest BCUT2D eigenvalue weighted by molar-refractivity contribution is 6.30. The van der Waals surface area contributed by atoms with Gasteiger partial charge in [0.2, 0.25) is 5.91 Å². The van der Waals surface area contributed by atoms with Gasteiger partial charge in [-0.2, -0.15) is 5.10 Å². The summed E-state index contributed by atoms with van der Waals surface area (Å²) in [4.78, 5) is 14.0. The van der Waals surface area contributed by atoms with Crippen LogP contribution < -0.4 is 10.5 Å². The molecule has 0 bridgehead atoms. The Morgan fingerprint density at radius 2 is 2.25 bits per heavy atom. The lowest BCUT2D eigenvalue weighted by Crippen LogP contribution is -2.56. The number of nitrogens with two attached hydrogens (primary N) is 1. The highest BCUT2D eigenvalue weighted by Crippen LogP contribution is 2.26. The molecule has 1 amide bonds. The Labute approximate surface area is 170 Å². The van der Waals surface area contributed by atoms with E-state index < -0.39 is 11.5 Å². The minimum atomic E-state index is -0.797. The molecule has 152 valence electrons. The summed E-state index contributed by atoms with van der Waals surface area (Å²) in [5.74, 6) is 0.221. The molecule has 1 aliphatic rings. The first-order valence-electron chi connectivity index (χ1n) is 9.42. The number of carbonyl (C=O) groups excluding carboxylic acids is 1. The molecular formula is C20H27ClN4O3. The molecule has 2 heterocycles. The SMILES string of the molecule is CC(C)n1nccc1CN1CCO[C@](COc2cccc(Cl)c2)(CC(N)=O)C1. The number of morpholine rings is 1. The summed E-state index contributed by atoms with van der Waals surface area (Å²) in [6, 6.07) is 9.47. The van der Waals surface area contributed by atoms with Gasteiger partial charge in [0.25, 0.3) is 0 Å². The third kappa shape index (κ3) is 5.25. The molecule has 0 spiro atoms. The first-order chi connectivity index (χ1) is 13.4. The molecule has 0 saturated carbocycles. The quantitative estimate of drug-likeness (QED) is 0.728. The summed E-state index contributed by atoms with van der Waals surface area (Å²) in [6.45, 7) is 6.95. The van der Waals surface area contributed by atoms with Crippen molar-refractivity contribution in [3.05, 3.63) is 47.2 Å². The maximum atomic E-state index is 11.7. The molecule has 3 rings (SSSR count). The van der Waals surface area contributed by atoms with Gasteiger partial charge in [0.15, 0.2) is 0 Å². The van der Waals surface area contributed by atoms with Crippen LogP contribution in [-0.2, 0) is 16.1 Å². The van der Waals surface area contributed by atoms with Crippen LogP contribution in [-0.4, -0.2) is 52.5 Å². The van der Waals surface area contributed by atoms with Crippen LogP contribution >= 0.6 is 11.6 Å². The maximum Gasteiger partial charge on any atom is 0.220 e. The largest absolute Gasteiger partial charge is 0.490 e. The predicted octanol–water partition coefficient (Wildman–Crippen LogP) is 2.64. The zero-order valence-electron chi connectivity index (χ0n) is 16.3. The monoisotopic (exact) mass is 406 g/mol. The maximum absolute atomic E-state index is 11.7. The minimum Gasteiger partial charge on any atom is -0.490 e. The smallest absolute Gasteiger partial charge is 0.220 e. The van der Waals surface area contributed by atoms with Crippen molar-refractivity contribution in [2.75, 3.05) is 26.3 Å². The summed E-state index contributed by atoms with van der Waals surface area (Å²) < 4.78 is 14.0. The number of rotatable bonds is 8. The molecule has 1 aliphatic heterocycles. The molecule has 1 atom stereocenters. The average Bonchev–Trinajstić information content (AvgIpc) is 3.08. The molecular weight excluding hydrogens is 380 g/mol. The summed E-state index contributed by atoms with van der Waals surface area (Å²) in [5.41, 5.74) is 5.85. The van der Waals surface area contributed by atoms with Crippen molar-refractivity contribution in [3.63, 3.8) is 0 Å². The van der Waals surface area contributed by atoms with Crippen molar-refractivity contribution in [2.24, 2.45) is 5.73 Å². The number of nitrogens with zero attached hydrogens (tertiary/aromatic N) is 3. The number of amides is 1. The molecule has 1 aromatic heterocycles. The second kappa shape index (κ2) is 8.94. The fraction of sp³-hybridized carbons (Fsp3) is 0.500. The molecule has 28 heavy (non-hydrogen) atoms. The molecule has 0 unspecified atom stereocenters. The number of aromatic nitrogens is 2. The van der Waals surface area contributed by atoms with Gasteiger partial charge in [0.05, 0.1) is 18.7 Å². The lowest BCUT2D eigenvalue weighted by atomic mass is 9.97. The Bertz CT molecular complexity index is 810.